The summed E-state index contributed by atoms with van der Waals surface area (Å²) in [5.74, 6) is -1.47. The van der Waals surface area contributed by atoms with Crippen molar-refractivity contribution in [3.05, 3.63) is 77.7 Å². The highest BCUT2D eigenvalue weighted by atomic mass is 32.1. The molecule has 0 aliphatic carbocycles. The predicted molar refractivity (Wildman–Crippen MR) is 117 cm³/mol. The summed E-state index contributed by atoms with van der Waals surface area (Å²) in [6.45, 7) is 1.47. The van der Waals surface area contributed by atoms with Crippen LogP contribution in [0.4, 0.5) is 5.13 Å². The number of phenols is 1. The van der Waals surface area contributed by atoms with E-state index in [9.17, 15) is 14.7 Å². The van der Waals surface area contributed by atoms with Crippen LogP contribution in [0.5, 0.6) is 5.75 Å². The summed E-state index contributed by atoms with van der Waals surface area (Å²) in [6, 6.07) is 20.0. The highest BCUT2D eigenvalue weighted by Gasteiger charge is 2.22. The minimum Gasteiger partial charge on any atom is -0.507 e. The number of amides is 1. The first-order valence-electron chi connectivity index (χ1n) is 9.26. The molecule has 4 rings (SSSR count). The van der Waals surface area contributed by atoms with Gasteiger partial charge < -0.3 is 9.84 Å². The number of nitrogens with zero attached hydrogens (tertiary/aromatic N) is 1. The number of aromatic hydroxyl groups is 1. The molecule has 3 aromatic carbocycles. The molecular weight excluding hydrogens is 400 g/mol. The van der Waals surface area contributed by atoms with E-state index in [2.05, 4.69) is 10.3 Å². The van der Waals surface area contributed by atoms with E-state index in [1.807, 2.05) is 60.0 Å². The number of fused-ring (bicyclic) bond motifs is 1. The number of hydrogen-bond acceptors (Lipinski definition) is 6. The molecule has 1 heterocycles. The van der Waals surface area contributed by atoms with Gasteiger partial charge in [0.25, 0.3) is 5.91 Å². The van der Waals surface area contributed by atoms with Gasteiger partial charge in [-0.3, -0.25) is 10.1 Å². The number of carbonyl (C=O) groups excluding carboxylic acids is 2. The number of carbonyl (C=O) groups is 2. The van der Waals surface area contributed by atoms with Gasteiger partial charge in [0.05, 0.1) is 5.69 Å². The normalized spacial score (nSPS) is 11.8. The second-order valence-corrected chi connectivity index (χ2v) is 7.52. The van der Waals surface area contributed by atoms with Crippen LogP contribution in [0.25, 0.3) is 22.0 Å². The monoisotopic (exact) mass is 418 g/mol. The van der Waals surface area contributed by atoms with E-state index in [0.717, 1.165) is 22.0 Å². The van der Waals surface area contributed by atoms with Gasteiger partial charge in [-0.25, -0.2) is 9.78 Å². The Morgan fingerprint density at radius 1 is 1.03 bits per heavy atom. The molecule has 0 fully saturated rings. The molecule has 0 aliphatic rings. The maximum absolute atomic E-state index is 12.5. The molecule has 1 amide bonds. The quantitative estimate of drug-likeness (QED) is 0.452. The first-order valence-corrected chi connectivity index (χ1v) is 10.1. The van der Waals surface area contributed by atoms with Crippen LogP contribution in [0.1, 0.15) is 17.3 Å². The molecule has 1 atom stereocenters. The van der Waals surface area contributed by atoms with Crippen LogP contribution in [0.15, 0.2) is 72.1 Å². The second kappa shape index (κ2) is 8.34. The van der Waals surface area contributed by atoms with E-state index in [1.165, 1.54) is 24.3 Å². The molecule has 30 heavy (non-hydrogen) atoms. The van der Waals surface area contributed by atoms with Crippen LogP contribution >= 0.6 is 11.3 Å². The largest absolute Gasteiger partial charge is 0.507 e. The van der Waals surface area contributed by atoms with Crippen molar-refractivity contribution in [1.29, 1.82) is 0 Å². The zero-order chi connectivity index (χ0) is 21.1. The fourth-order valence-electron chi connectivity index (χ4n) is 2.95. The third kappa shape index (κ3) is 4.16. The Kier molecular flexibility index (Phi) is 5.45. The van der Waals surface area contributed by atoms with Gasteiger partial charge in [0.15, 0.2) is 11.2 Å². The molecule has 0 radical (unpaired) electrons. The van der Waals surface area contributed by atoms with Crippen molar-refractivity contribution in [3.8, 4) is 17.0 Å². The number of nitrogens with one attached hydrogen (secondary N) is 1. The number of benzene rings is 3. The summed E-state index contributed by atoms with van der Waals surface area (Å²) in [5, 5.41) is 16.7. The number of rotatable bonds is 5. The number of ether oxygens (including phenoxy) is 1. The van der Waals surface area contributed by atoms with Gasteiger partial charge in [0.1, 0.15) is 11.3 Å². The van der Waals surface area contributed by atoms with Crippen molar-refractivity contribution in [2.45, 2.75) is 13.0 Å². The number of hydrogen-bond donors (Lipinski definition) is 2. The van der Waals surface area contributed by atoms with Gasteiger partial charge in [0.2, 0.25) is 0 Å². The van der Waals surface area contributed by atoms with E-state index >= 15 is 0 Å². The molecule has 7 heteroatoms. The molecule has 1 unspecified atom stereocenters. The minimum atomic E-state index is -1.06. The summed E-state index contributed by atoms with van der Waals surface area (Å²) in [7, 11) is 0. The zero-order valence-corrected chi connectivity index (χ0v) is 16.8. The molecule has 1 aromatic heterocycles. The van der Waals surface area contributed by atoms with Crippen LogP contribution in [0.2, 0.25) is 0 Å². The van der Waals surface area contributed by atoms with Gasteiger partial charge in [0, 0.05) is 10.9 Å². The summed E-state index contributed by atoms with van der Waals surface area (Å²) >= 11 is 1.29. The number of esters is 1. The number of anilines is 1. The van der Waals surface area contributed by atoms with Crippen molar-refractivity contribution in [1.82, 2.24) is 4.98 Å². The highest BCUT2D eigenvalue weighted by molar-refractivity contribution is 7.14. The maximum Gasteiger partial charge on any atom is 0.342 e. The second-order valence-electron chi connectivity index (χ2n) is 6.66. The predicted octanol–water partition coefficient (Wildman–Crippen LogP) is 4.85. The highest BCUT2D eigenvalue weighted by Crippen LogP contribution is 2.27. The van der Waals surface area contributed by atoms with Crippen molar-refractivity contribution in [3.63, 3.8) is 0 Å². The molecule has 150 valence electrons. The topological polar surface area (TPSA) is 88.5 Å². The minimum absolute atomic E-state index is 0.00830. The van der Waals surface area contributed by atoms with Crippen LogP contribution in [0, 0.1) is 0 Å². The number of phenolic OH excluding ortho intramolecular Hbond substituents is 1. The fourth-order valence-corrected chi connectivity index (χ4v) is 3.67. The van der Waals surface area contributed by atoms with E-state index in [0.29, 0.717) is 5.13 Å². The average molecular weight is 418 g/mol. The van der Waals surface area contributed by atoms with Gasteiger partial charge in [-0.05, 0) is 29.8 Å². The van der Waals surface area contributed by atoms with Crippen LogP contribution in [-0.2, 0) is 9.53 Å². The average Bonchev–Trinajstić information content (AvgIpc) is 3.22. The van der Waals surface area contributed by atoms with E-state index < -0.39 is 18.0 Å². The Balaban J connectivity index is 1.43. The summed E-state index contributed by atoms with van der Waals surface area (Å²) in [5.41, 5.74) is 1.70. The summed E-state index contributed by atoms with van der Waals surface area (Å²) in [4.78, 5) is 29.3. The molecule has 0 saturated heterocycles. The lowest BCUT2D eigenvalue weighted by molar-refractivity contribution is -0.123. The van der Waals surface area contributed by atoms with Crippen LogP contribution < -0.4 is 5.32 Å². The third-order valence-electron chi connectivity index (χ3n) is 4.54. The lowest BCUT2D eigenvalue weighted by atomic mass is 10.1. The van der Waals surface area contributed by atoms with Crippen LogP contribution in [0.3, 0.4) is 0 Å². The van der Waals surface area contributed by atoms with Crippen molar-refractivity contribution in [2.24, 2.45) is 0 Å². The Morgan fingerprint density at radius 3 is 2.43 bits per heavy atom. The molecule has 0 saturated carbocycles. The van der Waals surface area contributed by atoms with Crippen molar-refractivity contribution in [2.75, 3.05) is 5.32 Å². The zero-order valence-electron chi connectivity index (χ0n) is 16.0. The lowest BCUT2D eigenvalue weighted by Crippen LogP contribution is -2.30. The smallest absolute Gasteiger partial charge is 0.342 e. The van der Waals surface area contributed by atoms with E-state index in [4.69, 9.17) is 4.74 Å². The van der Waals surface area contributed by atoms with Gasteiger partial charge in [-0.1, -0.05) is 54.6 Å². The first-order chi connectivity index (χ1) is 14.5. The molecule has 6 nitrogen and oxygen atoms in total. The third-order valence-corrected chi connectivity index (χ3v) is 5.30. The van der Waals surface area contributed by atoms with Crippen molar-refractivity contribution >= 4 is 39.1 Å². The van der Waals surface area contributed by atoms with E-state index in [-0.39, 0.29) is 11.3 Å². The first kappa shape index (κ1) is 19.6. The Morgan fingerprint density at radius 2 is 1.70 bits per heavy atom. The Hall–Kier alpha value is -3.71. The number of thiazole rings is 1. The van der Waals surface area contributed by atoms with Gasteiger partial charge in [-0.15, -0.1) is 11.3 Å². The molecule has 4 aromatic rings. The molecular formula is C23H18N2O4S. The van der Waals surface area contributed by atoms with E-state index in [1.54, 1.807) is 6.07 Å². The SMILES string of the molecule is CC(OC(=O)c1cc2ccccc2cc1O)C(=O)Nc1nc(-c2ccccc2)cs1. The Bertz CT molecular complexity index is 1220. The molecule has 2 N–H and O–H groups in total. The van der Waals surface area contributed by atoms with Gasteiger partial charge in [-0.2, -0.15) is 0 Å². The van der Waals surface area contributed by atoms with Gasteiger partial charge >= 0.3 is 5.97 Å². The standard InChI is InChI=1S/C23H18N2O4S/c1-14(21(27)25-23-24-19(13-30-23)15-7-3-2-4-8-15)29-22(28)18-11-16-9-5-6-10-17(16)12-20(18)26/h2-14,26H,1H3,(H,24,25,27). The van der Waals surface area contributed by atoms with Crippen molar-refractivity contribution < 1.29 is 19.4 Å². The molecule has 0 aliphatic heterocycles. The Labute approximate surface area is 176 Å². The maximum atomic E-state index is 12.5. The summed E-state index contributed by atoms with van der Waals surface area (Å²) < 4.78 is 5.26. The fraction of sp³-hybridized carbons (Fsp3) is 0.0870. The van der Waals surface area contributed by atoms with Crippen LogP contribution in [-0.4, -0.2) is 28.1 Å². The molecule has 0 bridgehead atoms. The number of aromatic nitrogens is 1. The molecule has 0 spiro atoms. The summed E-state index contributed by atoms with van der Waals surface area (Å²) in [6.07, 6.45) is -1.06. The lowest BCUT2D eigenvalue weighted by Gasteiger charge is -2.13.